The highest BCUT2D eigenvalue weighted by Crippen LogP contribution is 2.14. The third-order valence-electron chi connectivity index (χ3n) is 3.45. The maximum Gasteiger partial charge on any atom is 0.255 e. The average molecular weight is 368 g/mol. The Labute approximate surface area is 151 Å². The Morgan fingerprint density at radius 1 is 0.962 bits per heavy atom. The number of rotatable bonds is 7. The van der Waals surface area contributed by atoms with E-state index in [9.17, 15) is 13.2 Å². The molecule has 1 amide bonds. The number of nitrogens with zero attached hydrogens (tertiary/aromatic N) is 2. The second-order valence-corrected chi connectivity index (χ2v) is 7.08. The summed E-state index contributed by atoms with van der Waals surface area (Å²) < 4.78 is 26.3. The van der Waals surface area contributed by atoms with Crippen LogP contribution in [0.1, 0.15) is 22.3 Å². The van der Waals surface area contributed by atoms with E-state index < -0.39 is 10.0 Å². The number of amides is 1. The van der Waals surface area contributed by atoms with Gasteiger partial charge in [-0.05, 0) is 42.0 Å². The van der Waals surface area contributed by atoms with Crippen LogP contribution >= 0.6 is 0 Å². The first-order valence-corrected chi connectivity index (χ1v) is 9.18. The molecule has 0 radical (unpaired) electrons. The summed E-state index contributed by atoms with van der Waals surface area (Å²) in [5.74, 6) is -0.376. The Morgan fingerprint density at radius 3 is 2.19 bits per heavy atom. The van der Waals surface area contributed by atoms with E-state index in [2.05, 4.69) is 10.0 Å². The number of hydrogen-bond donors (Lipinski definition) is 2. The van der Waals surface area contributed by atoms with Crippen LogP contribution in [0.15, 0.2) is 53.4 Å². The van der Waals surface area contributed by atoms with Gasteiger partial charge < -0.3 is 5.32 Å². The molecule has 0 spiro atoms. The number of nitrogens with one attached hydrogen (secondary N) is 2. The highest BCUT2D eigenvalue weighted by Gasteiger charge is 2.14. The lowest BCUT2D eigenvalue weighted by Crippen LogP contribution is -2.24. The Kier molecular flexibility index (Phi) is 6.45. The van der Waals surface area contributed by atoms with Crippen molar-refractivity contribution in [3.05, 3.63) is 59.7 Å². The third kappa shape index (κ3) is 5.15. The molecule has 0 bridgehead atoms. The predicted molar refractivity (Wildman–Crippen MR) is 95.6 cm³/mol. The SMILES string of the molecule is N#CCCNS(=O)(=O)c1ccc(C(=O)Nc2ccc(CC#N)cc2)cc1. The van der Waals surface area contributed by atoms with Crippen molar-refractivity contribution in [1.82, 2.24) is 4.72 Å². The molecule has 0 heterocycles. The number of carbonyl (C=O) groups excluding carboxylic acids is 1. The van der Waals surface area contributed by atoms with Gasteiger partial charge in [0.05, 0.1) is 23.5 Å². The molecule has 0 saturated carbocycles. The summed E-state index contributed by atoms with van der Waals surface area (Å²) in [6, 6.07) is 16.3. The smallest absolute Gasteiger partial charge is 0.255 e. The first-order valence-electron chi connectivity index (χ1n) is 7.70. The Morgan fingerprint density at radius 2 is 1.62 bits per heavy atom. The maximum atomic E-state index is 12.2. The summed E-state index contributed by atoms with van der Waals surface area (Å²) in [7, 11) is -3.70. The predicted octanol–water partition coefficient (Wildman–Crippen LogP) is 2.20. The van der Waals surface area contributed by atoms with Gasteiger partial charge in [-0.25, -0.2) is 13.1 Å². The van der Waals surface area contributed by atoms with Gasteiger partial charge in [0.2, 0.25) is 10.0 Å². The Hall–Kier alpha value is -3.20. The molecular formula is C18H16N4O3S. The maximum absolute atomic E-state index is 12.2. The van der Waals surface area contributed by atoms with Gasteiger partial charge in [-0.3, -0.25) is 4.79 Å². The molecule has 7 nitrogen and oxygen atoms in total. The van der Waals surface area contributed by atoms with E-state index in [4.69, 9.17) is 10.5 Å². The molecule has 0 saturated heterocycles. The number of benzene rings is 2. The quantitative estimate of drug-likeness (QED) is 0.725. The largest absolute Gasteiger partial charge is 0.322 e. The zero-order valence-electron chi connectivity index (χ0n) is 13.8. The van der Waals surface area contributed by atoms with Gasteiger partial charge >= 0.3 is 0 Å². The summed E-state index contributed by atoms with van der Waals surface area (Å²) in [6.45, 7) is 0.0306. The van der Waals surface area contributed by atoms with Crippen LogP contribution in [0, 0.1) is 22.7 Å². The van der Waals surface area contributed by atoms with Crippen LogP contribution in [0.5, 0.6) is 0 Å². The van der Waals surface area contributed by atoms with Gasteiger partial charge in [0, 0.05) is 24.2 Å². The van der Waals surface area contributed by atoms with E-state index in [0.29, 0.717) is 17.7 Å². The minimum atomic E-state index is -3.70. The fourth-order valence-corrected chi connectivity index (χ4v) is 3.14. The minimum absolute atomic E-state index is 0.0212. The van der Waals surface area contributed by atoms with Crippen LogP contribution < -0.4 is 10.0 Å². The first kappa shape index (κ1) is 19.1. The van der Waals surface area contributed by atoms with Gasteiger partial charge in [0.25, 0.3) is 5.91 Å². The molecular weight excluding hydrogens is 352 g/mol. The van der Waals surface area contributed by atoms with E-state index in [1.165, 1.54) is 24.3 Å². The first-order chi connectivity index (χ1) is 12.5. The van der Waals surface area contributed by atoms with E-state index in [1.807, 2.05) is 12.1 Å². The number of anilines is 1. The van der Waals surface area contributed by atoms with E-state index >= 15 is 0 Å². The van der Waals surface area contributed by atoms with Crippen LogP contribution in [0.4, 0.5) is 5.69 Å². The van der Waals surface area contributed by atoms with Crippen molar-refractivity contribution in [3.8, 4) is 12.1 Å². The fourth-order valence-electron chi connectivity index (χ4n) is 2.11. The highest BCUT2D eigenvalue weighted by molar-refractivity contribution is 7.89. The molecule has 8 heteroatoms. The van der Waals surface area contributed by atoms with E-state index in [0.717, 1.165) is 5.56 Å². The third-order valence-corrected chi connectivity index (χ3v) is 4.93. The number of sulfonamides is 1. The van der Waals surface area contributed by atoms with Gasteiger partial charge in [-0.15, -0.1) is 0 Å². The van der Waals surface area contributed by atoms with Crippen molar-refractivity contribution in [3.63, 3.8) is 0 Å². The van der Waals surface area contributed by atoms with Crippen molar-refractivity contribution in [2.45, 2.75) is 17.7 Å². The lowest BCUT2D eigenvalue weighted by molar-refractivity contribution is 0.102. The van der Waals surface area contributed by atoms with Crippen molar-refractivity contribution in [2.24, 2.45) is 0 Å². The second kappa shape index (κ2) is 8.77. The highest BCUT2D eigenvalue weighted by atomic mass is 32.2. The Bertz CT molecular complexity index is 953. The van der Waals surface area contributed by atoms with Gasteiger partial charge in [0.15, 0.2) is 0 Å². The molecule has 26 heavy (non-hydrogen) atoms. The van der Waals surface area contributed by atoms with Crippen LogP contribution in [-0.2, 0) is 16.4 Å². The van der Waals surface area contributed by atoms with Crippen molar-refractivity contribution < 1.29 is 13.2 Å². The monoisotopic (exact) mass is 368 g/mol. The zero-order valence-corrected chi connectivity index (χ0v) is 14.6. The summed E-state index contributed by atoms with van der Waals surface area (Å²) in [5.41, 5.74) is 1.73. The van der Waals surface area contributed by atoms with Gasteiger partial charge in [0.1, 0.15) is 0 Å². The normalized spacial score (nSPS) is 10.5. The topological polar surface area (TPSA) is 123 Å². The molecule has 2 rings (SSSR count). The van der Waals surface area contributed by atoms with E-state index in [-0.39, 0.29) is 23.8 Å². The van der Waals surface area contributed by atoms with Crippen LogP contribution in [0.3, 0.4) is 0 Å². The average Bonchev–Trinajstić information content (AvgIpc) is 2.64. The summed E-state index contributed by atoms with van der Waals surface area (Å²) >= 11 is 0. The molecule has 0 aliphatic heterocycles. The molecule has 0 unspecified atom stereocenters. The fraction of sp³-hybridized carbons (Fsp3) is 0.167. The van der Waals surface area contributed by atoms with Crippen LogP contribution in [-0.4, -0.2) is 20.9 Å². The van der Waals surface area contributed by atoms with Crippen molar-refractivity contribution in [2.75, 3.05) is 11.9 Å². The number of nitriles is 2. The zero-order chi connectivity index (χ0) is 19.0. The van der Waals surface area contributed by atoms with Crippen molar-refractivity contribution >= 4 is 21.6 Å². The second-order valence-electron chi connectivity index (χ2n) is 5.32. The molecule has 0 aliphatic carbocycles. The minimum Gasteiger partial charge on any atom is -0.322 e. The summed E-state index contributed by atoms with van der Waals surface area (Å²) in [4.78, 5) is 12.3. The van der Waals surface area contributed by atoms with Gasteiger partial charge in [-0.2, -0.15) is 10.5 Å². The molecule has 132 valence electrons. The molecule has 2 N–H and O–H groups in total. The summed E-state index contributed by atoms with van der Waals surface area (Å²) in [5, 5.41) is 19.8. The molecule has 2 aromatic rings. The lowest BCUT2D eigenvalue weighted by Gasteiger charge is -2.08. The molecule has 0 aliphatic rings. The standard InChI is InChI=1S/C18H16N4O3S/c19-11-1-13-21-26(24,25)17-8-4-15(5-9-17)18(23)22-16-6-2-14(3-7-16)10-12-20/h2-9,21H,1,10,13H2,(H,22,23). The van der Waals surface area contributed by atoms with E-state index in [1.54, 1.807) is 24.3 Å². The molecule has 2 aromatic carbocycles. The molecule has 0 aromatic heterocycles. The summed E-state index contributed by atoms with van der Waals surface area (Å²) in [6.07, 6.45) is 0.374. The lowest BCUT2D eigenvalue weighted by atomic mass is 10.1. The van der Waals surface area contributed by atoms with Gasteiger partial charge in [-0.1, -0.05) is 12.1 Å². The Balaban J connectivity index is 2.04. The molecule has 0 fully saturated rings. The van der Waals surface area contributed by atoms with Crippen molar-refractivity contribution in [1.29, 1.82) is 10.5 Å². The molecule has 0 atom stereocenters. The van der Waals surface area contributed by atoms with Crippen LogP contribution in [0.2, 0.25) is 0 Å². The number of hydrogen-bond acceptors (Lipinski definition) is 5. The van der Waals surface area contributed by atoms with Crippen LogP contribution in [0.25, 0.3) is 0 Å². The number of carbonyl (C=O) groups is 1.